The molecule has 3 N–H and O–H groups in total. The third-order valence-electron chi connectivity index (χ3n) is 6.28. The smallest absolute Gasteiger partial charge is 0.228 e. The first-order valence-electron chi connectivity index (χ1n) is 12.8. The number of aromatic nitrogens is 4. The summed E-state index contributed by atoms with van der Waals surface area (Å²) >= 11 is 0. The topological polar surface area (TPSA) is 125 Å². The van der Waals surface area contributed by atoms with Crippen molar-refractivity contribution >= 4 is 39.0 Å². The molecule has 0 aliphatic heterocycles. The average Bonchev–Trinajstić information content (AvgIpc) is 3.39. The van der Waals surface area contributed by atoms with Crippen molar-refractivity contribution in [1.29, 1.82) is 0 Å². The highest BCUT2D eigenvalue weighted by Crippen LogP contribution is 2.35. The molecule has 0 spiro atoms. The van der Waals surface area contributed by atoms with E-state index >= 15 is 4.39 Å². The van der Waals surface area contributed by atoms with Crippen LogP contribution in [-0.4, -0.2) is 29.9 Å². The maximum atomic E-state index is 15.3. The highest BCUT2D eigenvalue weighted by molar-refractivity contribution is 7.85. The number of rotatable bonds is 7. The number of fused-ring (bicyclic) bond motifs is 1. The van der Waals surface area contributed by atoms with E-state index < -0.39 is 16.6 Å². The van der Waals surface area contributed by atoms with Gasteiger partial charge in [0.05, 0.1) is 35.0 Å². The van der Waals surface area contributed by atoms with Gasteiger partial charge in [0.25, 0.3) is 0 Å². The predicted octanol–water partition coefficient (Wildman–Crippen LogP) is 5.75. The zero-order valence-corrected chi connectivity index (χ0v) is 23.8. The van der Waals surface area contributed by atoms with E-state index in [4.69, 9.17) is 10.5 Å². The fourth-order valence-electron chi connectivity index (χ4n) is 4.26. The normalized spacial score (nSPS) is 12.3. The van der Waals surface area contributed by atoms with Crippen molar-refractivity contribution in [2.45, 2.75) is 49.6 Å². The zero-order valence-electron chi connectivity index (χ0n) is 23.0. The Balaban J connectivity index is 1.37. The van der Waals surface area contributed by atoms with Gasteiger partial charge >= 0.3 is 0 Å². The SMILES string of the molecule is Cc1cc(CC(=O)Nc2cnn(C(C)(C)C)c2)cc(F)c1Oc1ccnc2ccc(S(=O)c3ncccc3N)cc12. The molecule has 2 aromatic carbocycles. The number of hydrogen-bond acceptors (Lipinski definition) is 7. The summed E-state index contributed by atoms with van der Waals surface area (Å²) in [4.78, 5) is 21.6. The van der Waals surface area contributed by atoms with Crippen molar-refractivity contribution in [3.05, 3.63) is 90.3 Å². The zero-order chi connectivity index (χ0) is 29.3. The first-order valence-corrected chi connectivity index (χ1v) is 14.0. The number of benzene rings is 2. The maximum Gasteiger partial charge on any atom is 0.228 e. The molecule has 41 heavy (non-hydrogen) atoms. The number of ether oxygens (including phenoxy) is 1. The summed E-state index contributed by atoms with van der Waals surface area (Å²) in [6, 6.07) is 13.0. The molecule has 3 aromatic heterocycles. The van der Waals surface area contributed by atoms with E-state index in [9.17, 15) is 9.00 Å². The number of carbonyl (C=O) groups excluding carboxylic acids is 1. The molecule has 1 unspecified atom stereocenters. The number of pyridine rings is 2. The molecule has 5 rings (SSSR count). The van der Waals surface area contributed by atoms with Crippen LogP contribution in [0.15, 0.2) is 83.2 Å². The number of nitrogens with zero attached hydrogens (tertiary/aromatic N) is 4. The van der Waals surface area contributed by atoms with Crippen LogP contribution in [0.2, 0.25) is 0 Å². The van der Waals surface area contributed by atoms with E-state index in [1.54, 1.807) is 72.7 Å². The fraction of sp³-hybridized carbons (Fsp3) is 0.200. The minimum absolute atomic E-state index is 0.0219. The van der Waals surface area contributed by atoms with Gasteiger partial charge in [0, 0.05) is 28.9 Å². The van der Waals surface area contributed by atoms with Crippen LogP contribution in [0.4, 0.5) is 15.8 Å². The Morgan fingerprint density at radius 1 is 1.12 bits per heavy atom. The summed E-state index contributed by atoms with van der Waals surface area (Å²) in [5.74, 6) is -0.542. The summed E-state index contributed by atoms with van der Waals surface area (Å²) in [5, 5.41) is 7.88. The molecule has 0 aliphatic rings. The minimum Gasteiger partial charge on any atom is -0.453 e. The number of amides is 1. The molecule has 3 heterocycles. The van der Waals surface area contributed by atoms with Crippen LogP contribution in [0.3, 0.4) is 0 Å². The Kier molecular flexibility index (Phi) is 7.55. The van der Waals surface area contributed by atoms with Crippen LogP contribution in [-0.2, 0) is 27.6 Å². The molecule has 1 atom stereocenters. The lowest BCUT2D eigenvalue weighted by Gasteiger charge is -2.18. The standard InChI is InChI=1S/C30H29FN6O3S/c1-18-12-19(14-27(38)36-20-16-35-37(17-20)30(2,3)4)13-23(31)28(18)40-26-9-11-33-25-8-7-21(15-22(25)26)41(39)29-24(32)6-5-10-34-29/h5-13,15-17H,14,32H2,1-4H3,(H,36,38). The summed E-state index contributed by atoms with van der Waals surface area (Å²) in [6.07, 6.45) is 6.39. The van der Waals surface area contributed by atoms with Crippen molar-refractivity contribution in [3.63, 3.8) is 0 Å². The third-order valence-corrected chi connectivity index (χ3v) is 7.66. The van der Waals surface area contributed by atoms with E-state index in [2.05, 4.69) is 20.4 Å². The van der Waals surface area contributed by atoms with Crippen LogP contribution < -0.4 is 15.8 Å². The number of anilines is 2. The number of nitrogens with one attached hydrogen (secondary N) is 1. The lowest BCUT2D eigenvalue weighted by atomic mass is 10.1. The number of hydrogen-bond donors (Lipinski definition) is 2. The van der Waals surface area contributed by atoms with Crippen LogP contribution in [0, 0.1) is 12.7 Å². The molecule has 0 saturated heterocycles. The minimum atomic E-state index is -1.64. The summed E-state index contributed by atoms with van der Waals surface area (Å²) in [7, 11) is -1.64. The van der Waals surface area contributed by atoms with Gasteiger partial charge in [0.2, 0.25) is 5.91 Å². The van der Waals surface area contributed by atoms with Crippen LogP contribution in [0.5, 0.6) is 11.5 Å². The van der Waals surface area contributed by atoms with E-state index in [1.807, 2.05) is 20.8 Å². The van der Waals surface area contributed by atoms with Crippen molar-refractivity contribution in [2.24, 2.45) is 0 Å². The van der Waals surface area contributed by atoms with Crippen molar-refractivity contribution < 1.29 is 18.1 Å². The molecule has 5 aromatic rings. The van der Waals surface area contributed by atoms with Gasteiger partial charge < -0.3 is 15.8 Å². The van der Waals surface area contributed by atoms with Gasteiger partial charge in [0.15, 0.2) is 16.6 Å². The largest absolute Gasteiger partial charge is 0.453 e. The summed E-state index contributed by atoms with van der Waals surface area (Å²) in [5.41, 5.74) is 8.23. The fourth-order valence-corrected chi connectivity index (χ4v) is 5.34. The highest BCUT2D eigenvalue weighted by Gasteiger charge is 2.18. The van der Waals surface area contributed by atoms with Crippen LogP contribution in [0.1, 0.15) is 31.9 Å². The molecule has 210 valence electrons. The number of nitrogen functional groups attached to an aromatic ring is 1. The molecular formula is C30H29FN6O3S. The molecule has 0 radical (unpaired) electrons. The van der Waals surface area contributed by atoms with Crippen LogP contribution >= 0.6 is 0 Å². The Morgan fingerprint density at radius 2 is 1.93 bits per heavy atom. The molecule has 1 amide bonds. The Labute approximate surface area is 239 Å². The first-order chi connectivity index (χ1) is 19.5. The van der Waals surface area contributed by atoms with Gasteiger partial charge in [-0.25, -0.2) is 13.6 Å². The van der Waals surface area contributed by atoms with Crippen molar-refractivity contribution in [3.8, 4) is 11.5 Å². The molecule has 0 saturated carbocycles. The monoisotopic (exact) mass is 572 g/mol. The summed E-state index contributed by atoms with van der Waals surface area (Å²) in [6.45, 7) is 7.73. The van der Waals surface area contributed by atoms with E-state index in [0.29, 0.717) is 44.0 Å². The number of aryl methyl sites for hydroxylation is 1. The average molecular weight is 573 g/mol. The lowest BCUT2D eigenvalue weighted by molar-refractivity contribution is -0.115. The van der Waals surface area contributed by atoms with E-state index in [1.165, 1.54) is 12.3 Å². The van der Waals surface area contributed by atoms with E-state index in [-0.39, 0.29) is 28.6 Å². The Hall–Kier alpha value is -4.64. The van der Waals surface area contributed by atoms with Gasteiger partial charge in [-0.1, -0.05) is 6.07 Å². The Bertz CT molecular complexity index is 1770. The quantitative estimate of drug-likeness (QED) is 0.254. The van der Waals surface area contributed by atoms with Gasteiger partial charge in [-0.2, -0.15) is 5.10 Å². The molecule has 0 fully saturated rings. The predicted molar refractivity (Wildman–Crippen MR) is 156 cm³/mol. The second-order valence-corrected chi connectivity index (χ2v) is 11.9. The highest BCUT2D eigenvalue weighted by atomic mass is 32.2. The molecule has 0 aliphatic carbocycles. The first kappa shape index (κ1) is 27.9. The number of nitrogens with two attached hydrogens (primary N) is 1. The Morgan fingerprint density at radius 3 is 2.63 bits per heavy atom. The molecule has 9 nitrogen and oxygen atoms in total. The van der Waals surface area contributed by atoms with Gasteiger partial charge in [-0.15, -0.1) is 0 Å². The molecule has 0 bridgehead atoms. The molecule has 11 heteroatoms. The van der Waals surface area contributed by atoms with Crippen molar-refractivity contribution in [2.75, 3.05) is 11.1 Å². The van der Waals surface area contributed by atoms with Crippen molar-refractivity contribution in [1.82, 2.24) is 19.7 Å². The number of carbonyl (C=O) groups is 1. The van der Waals surface area contributed by atoms with Crippen LogP contribution in [0.25, 0.3) is 10.9 Å². The van der Waals surface area contributed by atoms with Gasteiger partial charge in [-0.05, 0) is 81.3 Å². The summed E-state index contributed by atoms with van der Waals surface area (Å²) < 4.78 is 36.3. The van der Waals surface area contributed by atoms with E-state index in [0.717, 1.165) is 0 Å². The maximum absolute atomic E-state index is 15.3. The number of halogens is 1. The second kappa shape index (κ2) is 11.1. The second-order valence-electron chi connectivity index (χ2n) is 10.5. The third kappa shape index (κ3) is 6.09. The van der Waals surface area contributed by atoms with Gasteiger partial charge in [0.1, 0.15) is 16.5 Å². The van der Waals surface area contributed by atoms with Gasteiger partial charge in [-0.3, -0.25) is 14.5 Å². The lowest BCUT2D eigenvalue weighted by Crippen LogP contribution is -2.22. The molecular weight excluding hydrogens is 543 g/mol.